The van der Waals surface area contributed by atoms with Crippen molar-refractivity contribution in [3.63, 3.8) is 0 Å². The summed E-state index contributed by atoms with van der Waals surface area (Å²) in [4.78, 5) is 11.5. The van der Waals surface area contributed by atoms with Crippen LogP contribution in [0.2, 0.25) is 0 Å². The van der Waals surface area contributed by atoms with Crippen LogP contribution in [-0.4, -0.2) is 24.2 Å². The summed E-state index contributed by atoms with van der Waals surface area (Å²) in [6, 6.07) is 7.89. The fraction of sp³-hybridized carbons (Fsp3) is 0.500. The molecule has 0 aliphatic carbocycles. The molecule has 3 nitrogen and oxygen atoms in total. The summed E-state index contributed by atoms with van der Waals surface area (Å²) >= 11 is 0. The van der Waals surface area contributed by atoms with Gasteiger partial charge in [-0.05, 0) is 44.3 Å². The van der Waals surface area contributed by atoms with E-state index < -0.39 is 5.97 Å². The SMILES string of the molecule is Cc1cccc(C(C(=O)O)C2CCNCC2)c1.Cl. The van der Waals surface area contributed by atoms with E-state index in [0.29, 0.717) is 0 Å². The van der Waals surface area contributed by atoms with Crippen LogP contribution in [0.1, 0.15) is 29.9 Å². The molecule has 1 atom stereocenters. The molecule has 0 saturated carbocycles. The van der Waals surface area contributed by atoms with Gasteiger partial charge >= 0.3 is 5.97 Å². The molecule has 18 heavy (non-hydrogen) atoms. The van der Waals surface area contributed by atoms with Gasteiger partial charge in [-0.15, -0.1) is 12.4 Å². The first-order valence-corrected chi connectivity index (χ1v) is 6.18. The Balaban J connectivity index is 0.00000162. The highest BCUT2D eigenvalue weighted by molar-refractivity contribution is 5.85. The molecule has 0 bridgehead atoms. The minimum Gasteiger partial charge on any atom is -0.481 e. The van der Waals surface area contributed by atoms with Crippen molar-refractivity contribution >= 4 is 18.4 Å². The first kappa shape index (κ1) is 15.0. The van der Waals surface area contributed by atoms with Crippen LogP contribution in [0.4, 0.5) is 0 Å². The van der Waals surface area contributed by atoms with Crippen molar-refractivity contribution in [1.29, 1.82) is 0 Å². The molecule has 0 spiro atoms. The topological polar surface area (TPSA) is 49.3 Å². The highest BCUT2D eigenvalue weighted by Gasteiger charge is 2.30. The van der Waals surface area contributed by atoms with Crippen LogP contribution in [0.3, 0.4) is 0 Å². The number of hydrogen-bond donors (Lipinski definition) is 2. The third-order valence-electron chi connectivity index (χ3n) is 3.52. The Hall–Kier alpha value is -1.06. The lowest BCUT2D eigenvalue weighted by atomic mass is 9.80. The number of carbonyl (C=O) groups is 1. The Morgan fingerprint density at radius 3 is 2.61 bits per heavy atom. The van der Waals surface area contributed by atoms with Crippen molar-refractivity contribution in [3.8, 4) is 0 Å². The zero-order valence-corrected chi connectivity index (χ0v) is 11.4. The van der Waals surface area contributed by atoms with E-state index in [1.807, 2.05) is 31.2 Å². The normalized spacial score (nSPS) is 17.8. The molecule has 1 unspecified atom stereocenters. The second-order valence-electron chi connectivity index (χ2n) is 4.82. The van der Waals surface area contributed by atoms with Crippen LogP contribution in [-0.2, 0) is 4.79 Å². The summed E-state index contributed by atoms with van der Waals surface area (Å²) in [6.07, 6.45) is 1.90. The maximum Gasteiger partial charge on any atom is 0.311 e. The maximum atomic E-state index is 11.5. The largest absolute Gasteiger partial charge is 0.481 e. The van der Waals surface area contributed by atoms with Crippen LogP contribution >= 0.6 is 12.4 Å². The second-order valence-corrected chi connectivity index (χ2v) is 4.82. The predicted octanol–water partition coefficient (Wildman–Crippen LogP) is 2.58. The summed E-state index contributed by atoms with van der Waals surface area (Å²) in [5.74, 6) is -0.782. The van der Waals surface area contributed by atoms with Gasteiger partial charge in [-0.25, -0.2) is 0 Å². The summed E-state index contributed by atoms with van der Waals surface area (Å²) in [6.45, 7) is 3.87. The lowest BCUT2D eigenvalue weighted by Gasteiger charge is -2.28. The average molecular weight is 270 g/mol. The second kappa shape index (κ2) is 6.76. The Kier molecular flexibility index (Phi) is 5.63. The molecule has 4 heteroatoms. The molecule has 1 aromatic rings. The Bertz CT molecular complexity index is 403. The van der Waals surface area contributed by atoms with Gasteiger partial charge in [0.05, 0.1) is 5.92 Å². The van der Waals surface area contributed by atoms with Gasteiger partial charge in [-0.1, -0.05) is 29.8 Å². The molecular formula is C14H20ClNO2. The first-order valence-electron chi connectivity index (χ1n) is 6.18. The van der Waals surface area contributed by atoms with Crippen LogP contribution in [0, 0.1) is 12.8 Å². The summed E-state index contributed by atoms with van der Waals surface area (Å²) in [7, 11) is 0. The third-order valence-corrected chi connectivity index (χ3v) is 3.52. The summed E-state index contributed by atoms with van der Waals surface area (Å²) in [5.41, 5.74) is 2.08. The average Bonchev–Trinajstić information content (AvgIpc) is 2.30. The minimum atomic E-state index is -0.692. The maximum absolute atomic E-state index is 11.5. The number of piperidine rings is 1. The molecule has 2 rings (SSSR count). The van der Waals surface area contributed by atoms with Gasteiger partial charge in [0.1, 0.15) is 0 Å². The number of rotatable bonds is 3. The van der Waals surface area contributed by atoms with E-state index in [9.17, 15) is 9.90 Å². The zero-order valence-electron chi connectivity index (χ0n) is 10.6. The molecular weight excluding hydrogens is 250 g/mol. The molecule has 1 heterocycles. The van der Waals surface area contributed by atoms with Gasteiger partial charge < -0.3 is 10.4 Å². The molecule has 0 aromatic heterocycles. The molecule has 1 aromatic carbocycles. The molecule has 1 saturated heterocycles. The smallest absolute Gasteiger partial charge is 0.311 e. The van der Waals surface area contributed by atoms with Crippen molar-refractivity contribution in [3.05, 3.63) is 35.4 Å². The fourth-order valence-corrected chi connectivity index (χ4v) is 2.66. The molecule has 1 aliphatic heterocycles. The molecule has 1 fully saturated rings. The quantitative estimate of drug-likeness (QED) is 0.887. The van der Waals surface area contributed by atoms with E-state index in [1.165, 1.54) is 0 Å². The van der Waals surface area contributed by atoms with Crippen molar-refractivity contribution < 1.29 is 9.90 Å². The standard InChI is InChI=1S/C14H19NO2.ClH/c1-10-3-2-4-12(9-10)13(14(16)17)11-5-7-15-8-6-11;/h2-4,9,11,13,15H,5-8H2,1H3,(H,16,17);1H. The molecule has 0 radical (unpaired) electrons. The van der Waals surface area contributed by atoms with Crippen molar-refractivity contribution in [2.75, 3.05) is 13.1 Å². The van der Waals surface area contributed by atoms with Crippen molar-refractivity contribution in [2.45, 2.75) is 25.7 Å². The number of benzene rings is 1. The molecule has 2 N–H and O–H groups in total. The van der Waals surface area contributed by atoms with E-state index in [1.54, 1.807) is 0 Å². The highest BCUT2D eigenvalue weighted by Crippen LogP contribution is 2.31. The van der Waals surface area contributed by atoms with Gasteiger partial charge in [0.2, 0.25) is 0 Å². The van der Waals surface area contributed by atoms with E-state index in [0.717, 1.165) is 37.1 Å². The Labute approximate surface area is 114 Å². The Morgan fingerprint density at radius 1 is 1.39 bits per heavy atom. The fourth-order valence-electron chi connectivity index (χ4n) is 2.66. The van der Waals surface area contributed by atoms with E-state index in [4.69, 9.17) is 0 Å². The van der Waals surface area contributed by atoms with Gasteiger partial charge in [0, 0.05) is 0 Å². The van der Waals surface area contributed by atoms with E-state index >= 15 is 0 Å². The van der Waals surface area contributed by atoms with Gasteiger partial charge in [-0.3, -0.25) is 4.79 Å². The van der Waals surface area contributed by atoms with Crippen molar-refractivity contribution in [2.24, 2.45) is 5.92 Å². The van der Waals surface area contributed by atoms with Crippen LogP contribution in [0.25, 0.3) is 0 Å². The van der Waals surface area contributed by atoms with Crippen molar-refractivity contribution in [1.82, 2.24) is 5.32 Å². The van der Waals surface area contributed by atoms with Gasteiger partial charge in [-0.2, -0.15) is 0 Å². The predicted molar refractivity (Wildman–Crippen MR) is 74.4 cm³/mol. The van der Waals surface area contributed by atoms with Crippen LogP contribution in [0.5, 0.6) is 0 Å². The number of carboxylic acid groups (broad SMARTS) is 1. The minimum absolute atomic E-state index is 0. The number of aryl methyl sites for hydroxylation is 1. The van der Waals surface area contributed by atoms with E-state index in [2.05, 4.69) is 5.32 Å². The summed E-state index contributed by atoms with van der Waals surface area (Å²) < 4.78 is 0. The molecule has 1 aliphatic rings. The summed E-state index contributed by atoms with van der Waals surface area (Å²) in [5, 5.41) is 12.7. The molecule has 100 valence electrons. The lowest BCUT2D eigenvalue weighted by Crippen LogP contribution is -2.33. The molecule has 0 amide bonds. The number of hydrogen-bond acceptors (Lipinski definition) is 2. The van der Waals surface area contributed by atoms with Crippen LogP contribution in [0.15, 0.2) is 24.3 Å². The number of aliphatic carboxylic acids is 1. The first-order chi connectivity index (χ1) is 8.18. The monoisotopic (exact) mass is 269 g/mol. The lowest BCUT2D eigenvalue weighted by molar-refractivity contribution is -0.140. The van der Waals surface area contributed by atoms with E-state index in [-0.39, 0.29) is 24.2 Å². The Morgan fingerprint density at radius 2 is 2.06 bits per heavy atom. The zero-order chi connectivity index (χ0) is 12.3. The number of carboxylic acids is 1. The van der Waals surface area contributed by atoms with Gasteiger partial charge in [0.15, 0.2) is 0 Å². The highest BCUT2D eigenvalue weighted by atomic mass is 35.5. The van der Waals surface area contributed by atoms with Crippen LogP contribution < -0.4 is 5.32 Å². The number of halogens is 1. The third kappa shape index (κ3) is 3.47. The van der Waals surface area contributed by atoms with Gasteiger partial charge in [0.25, 0.3) is 0 Å². The number of nitrogens with one attached hydrogen (secondary N) is 1.